The Hall–Kier alpha value is -1.21. The number of hydrogen-bond donors (Lipinski definition) is 2. The molecule has 0 spiro atoms. The van der Waals surface area contributed by atoms with Gasteiger partial charge in [0.1, 0.15) is 11.8 Å². The Morgan fingerprint density at radius 1 is 1.20 bits per heavy atom. The molecule has 0 saturated heterocycles. The van der Waals surface area contributed by atoms with E-state index in [2.05, 4.69) is 37.2 Å². The van der Waals surface area contributed by atoms with E-state index in [1.54, 1.807) is 18.2 Å². The van der Waals surface area contributed by atoms with Crippen LogP contribution in [0.3, 0.4) is 0 Å². The van der Waals surface area contributed by atoms with Crippen LogP contribution in [0.2, 0.25) is 0 Å². The lowest BCUT2D eigenvalue weighted by Crippen LogP contribution is -2.44. The van der Waals surface area contributed by atoms with Gasteiger partial charge in [0.05, 0.1) is 0 Å². The Labute approximate surface area is 133 Å². The fourth-order valence-electron chi connectivity index (χ4n) is 1.56. The Morgan fingerprint density at radius 2 is 1.75 bits per heavy atom. The number of primary amides is 1. The molecule has 0 bridgehead atoms. The molecule has 2 amide bonds. The maximum Gasteiger partial charge on any atom is 0.252 e. The molecule has 3 N–H and O–H groups in total. The molecule has 108 valence electrons. The summed E-state index contributed by atoms with van der Waals surface area (Å²) in [5.41, 5.74) is 5.61. The molecule has 7 heteroatoms. The van der Waals surface area contributed by atoms with Gasteiger partial charge in [-0.25, -0.2) is 0 Å². The quantitative estimate of drug-likeness (QED) is 0.759. The van der Waals surface area contributed by atoms with E-state index in [1.165, 1.54) is 6.92 Å². The fraction of sp³-hybridized carbons (Fsp3) is 0.308. The van der Waals surface area contributed by atoms with Gasteiger partial charge in [0.25, 0.3) is 5.91 Å². The highest BCUT2D eigenvalue weighted by Gasteiger charge is 2.19. The van der Waals surface area contributed by atoms with E-state index < -0.39 is 17.9 Å². The fourth-order valence-corrected chi connectivity index (χ4v) is 2.85. The van der Waals surface area contributed by atoms with Crippen LogP contribution in [0, 0.1) is 0 Å². The molecule has 0 saturated carbocycles. The van der Waals surface area contributed by atoms with E-state index in [9.17, 15) is 14.4 Å². The van der Waals surface area contributed by atoms with Gasteiger partial charge < -0.3 is 15.8 Å². The molecule has 5 nitrogen and oxygen atoms in total. The third-order valence-corrected chi connectivity index (χ3v) is 3.47. The third kappa shape index (κ3) is 5.42. The van der Waals surface area contributed by atoms with Crippen LogP contribution in [-0.4, -0.2) is 23.6 Å². The molecular formula is C13H14Br2N2O3. The minimum atomic E-state index is -0.857. The van der Waals surface area contributed by atoms with E-state index in [1.807, 2.05) is 0 Å². The van der Waals surface area contributed by atoms with Crippen LogP contribution in [0.1, 0.15) is 30.1 Å². The predicted octanol–water partition coefficient (Wildman–Crippen LogP) is 2.16. The Bertz CT molecular complexity index is 526. The molecule has 0 fully saturated rings. The molecule has 1 atom stereocenters. The van der Waals surface area contributed by atoms with Crippen LogP contribution in [0.4, 0.5) is 0 Å². The molecular weight excluding hydrogens is 392 g/mol. The first kappa shape index (κ1) is 16.8. The summed E-state index contributed by atoms with van der Waals surface area (Å²) in [5, 5.41) is 2.54. The van der Waals surface area contributed by atoms with E-state index in [0.717, 1.165) is 8.95 Å². The number of amides is 2. The number of carbonyl (C=O) groups is 3. The van der Waals surface area contributed by atoms with Crippen molar-refractivity contribution in [1.29, 1.82) is 0 Å². The first-order valence-corrected chi connectivity index (χ1v) is 7.44. The second-order valence-electron chi connectivity index (χ2n) is 4.33. The molecule has 1 rings (SSSR count). The SMILES string of the molecule is CC(=O)CC[C@@H](NC(=O)c1cc(Br)cc(Br)c1)C(N)=O. The first-order chi connectivity index (χ1) is 9.29. The summed E-state index contributed by atoms with van der Waals surface area (Å²) in [7, 11) is 0. The highest BCUT2D eigenvalue weighted by Crippen LogP contribution is 2.20. The lowest BCUT2D eigenvalue weighted by atomic mass is 10.1. The smallest absolute Gasteiger partial charge is 0.252 e. The average Bonchev–Trinajstić information content (AvgIpc) is 2.32. The number of nitrogens with one attached hydrogen (secondary N) is 1. The van der Waals surface area contributed by atoms with Gasteiger partial charge in [-0.3, -0.25) is 9.59 Å². The summed E-state index contributed by atoms with van der Waals surface area (Å²) in [6.07, 6.45) is 0.391. The largest absolute Gasteiger partial charge is 0.368 e. The second kappa shape index (κ2) is 7.54. The summed E-state index contributed by atoms with van der Waals surface area (Å²) in [4.78, 5) is 34.3. The van der Waals surface area contributed by atoms with Crippen LogP contribution in [0.5, 0.6) is 0 Å². The van der Waals surface area contributed by atoms with Gasteiger partial charge in [-0.05, 0) is 31.5 Å². The summed E-state index contributed by atoms with van der Waals surface area (Å²) in [5.74, 6) is -1.14. The monoisotopic (exact) mass is 404 g/mol. The summed E-state index contributed by atoms with van der Waals surface area (Å²) < 4.78 is 1.47. The standard InChI is InChI=1S/C13H14Br2N2O3/c1-7(18)2-3-11(12(16)19)17-13(20)8-4-9(14)6-10(15)5-8/h4-6,11H,2-3H2,1H3,(H2,16,19)(H,17,20)/t11-/m1/s1. The van der Waals surface area contributed by atoms with Gasteiger partial charge in [0.15, 0.2) is 0 Å². The number of carbonyl (C=O) groups excluding carboxylic acids is 3. The van der Waals surface area contributed by atoms with Crippen molar-refractivity contribution in [3.05, 3.63) is 32.7 Å². The summed E-state index contributed by atoms with van der Waals surface area (Å²) in [6.45, 7) is 1.42. The zero-order valence-electron chi connectivity index (χ0n) is 10.8. The molecule has 20 heavy (non-hydrogen) atoms. The van der Waals surface area contributed by atoms with Crippen LogP contribution < -0.4 is 11.1 Å². The van der Waals surface area contributed by atoms with E-state index in [4.69, 9.17) is 5.73 Å². The van der Waals surface area contributed by atoms with Crippen LogP contribution in [-0.2, 0) is 9.59 Å². The Balaban J connectivity index is 2.79. The van der Waals surface area contributed by atoms with Crippen molar-refractivity contribution >= 4 is 49.5 Å². The van der Waals surface area contributed by atoms with Gasteiger partial charge in [-0.2, -0.15) is 0 Å². The molecule has 0 aliphatic carbocycles. The Morgan fingerprint density at radius 3 is 2.20 bits per heavy atom. The van der Waals surface area contributed by atoms with E-state index in [0.29, 0.717) is 5.56 Å². The normalized spacial score (nSPS) is 11.8. The first-order valence-electron chi connectivity index (χ1n) is 5.85. The van der Waals surface area contributed by atoms with Crippen molar-refractivity contribution < 1.29 is 14.4 Å². The zero-order valence-corrected chi connectivity index (χ0v) is 14.0. The van der Waals surface area contributed by atoms with Gasteiger partial charge in [0.2, 0.25) is 5.91 Å². The Kier molecular flexibility index (Phi) is 6.35. The molecule has 1 aromatic rings. The lowest BCUT2D eigenvalue weighted by Gasteiger charge is -2.15. The summed E-state index contributed by atoms with van der Waals surface area (Å²) >= 11 is 6.56. The maximum atomic E-state index is 12.1. The number of rotatable bonds is 6. The van der Waals surface area contributed by atoms with Crippen molar-refractivity contribution in [3.8, 4) is 0 Å². The number of nitrogens with two attached hydrogens (primary N) is 1. The molecule has 0 heterocycles. The molecule has 0 radical (unpaired) electrons. The topological polar surface area (TPSA) is 89.3 Å². The number of halogens is 2. The zero-order chi connectivity index (χ0) is 15.3. The minimum absolute atomic E-state index is 0.0595. The van der Waals surface area contributed by atoms with Crippen molar-refractivity contribution in [2.45, 2.75) is 25.8 Å². The molecule has 0 aliphatic rings. The van der Waals surface area contributed by atoms with Crippen molar-refractivity contribution in [2.24, 2.45) is 5.73 Å². The molecule has 1 aromatic carbocycles. The highest BCUT2D eigenvalue weighted by atomic mass is 79.9. The van der Waals surface area contributed by atoms with Gasteiger partial charge >= 0.3 is 0 Å². The molecule has 0 aromatic heterocycles. The van der Waals surface area contributed by atoms with E-state index >= 15 is 0 Å². The van der Waals surface area contributed by atoms with Crippen molar-refractivity contribution in [1.82, 2.24) is 5.32 Å². The highest BCUT2D eigenvalue weighted by molar-refractivity contribution is 9.11. The minimum Gasteiger partial charge on any atom is -0.368 e. The van der Waals surface area contributed by atoms with E-state index in [-0.39, 0.29) is 18.6 Å². The van der Waals surface area contributed by atoms with Crippen molar-refractivity contribution in [2.75, 3.05) is 0 Å². The van der Waals surface area contributed by atoms with Crippen molar-refractivity contribution in [3.63, 3.8) is 0 Å². The average molecular weight is 406 g/mol. The number of Topliss-reactive ketones (excluding diaryl/α,β-unsaturated/α-hetero) is 1. The second-order valence-corrected chi connectivity index (χ2v) is 6.16. The number of benzene rings is 1. The third-order valence-electron chi connectivity index (χ3n) is 2.56. The van der Waals surface area contributed by atoms with Gasteiger partial charge in [0, 0.05) is 20.9 Å². The molecule has 0 unspecified atom stereocenters. The number of ketones is 1. The summed E-state index contributed by atoms with van der Waals surface area (Å²) in [6, 6.07) is 4.19. The number of hydrogen-bond acceptors (Lipinski definition) is 3. The van der Waals surface area contributed by atoms with Crippen LogP contribution in [0.15, 0.2) is 27.1 Å². The predicted molar refractivity (Wildman–Crippen MR) is 82.2 cm³/mol. The lowest BCUT2D eigenvalue weighted by molar-refractivity contribution is -0.120. The van der Waals surface area contributed by atoms with Gasteiger partial charge in [-0.1, -0.05) is 31.9 Å². The molecule has 0 aliphatic heterocycles. The van der Waals surface area contributed by atoms with Crippen LogP contribution >= 0.6 is 31.9 Å². The maximum absolute atomic E-state index is 12.1. The van der Waals surface area contributed by atoms with Crippen LogP contribution in [0.25, 0.3) is 0 Å². The van der Waals surface area contributed by atoms with Gasteiger partial charge in [-0.15, -0.1) is 0 Å².